The molecule has 2 fully saturated rings. The number of methoxy groups -OCH3 is 1. The van der Waals surface area contributed by atoms with Gasteiger partial charge in [-0.15, -0.1) is 17.0 Å². The van der Waals surface area contributed by atoms with Gasteiger partial charge in [0.25, 0.3) is 5.91 Å². The van der Waals surface area contributed by atoms with Gasteiger partial charge in [-0.25, -0.2) is 0 Å². The van der Waals surface area contributed by atoms with Gasteiger partial charge in [0.1, 0.15) is 0 Å². The number of likely N-dealkylation sites (N-methyl/N-ethyl adjacent to an activating group) is 1. The predicted octanol–water partition coefficient (Wildman–Crippen LogP) is 4.13. The van der Waals surface area contributed by atoms with E-state index in [0.29, 0.717) is 6.04 Å². The number of hydrogen-bond donors (Lipinski definition) is 0. The van der Waals surface area contributed by atoms with Gasteiger partial charge in [-0.05, 0) is 69.5 Å². The Balaban J connectivity index is 0.00000225. The Morgan fingerprint density at radius 3 is 2.40 bits per heavy atom. The molecule has 1 aliphatic heterocycles. The number of carbonyl (C=O) groups is 1. The summed E-state index contributed by atoms with van der Waals surface area (Å²) in [4.78, 5) is 17.5. The molecule has 3 atom stereocenters. The summed E-state index contributed by atoms with van der Waals surface area (Å²) < 4.78 is 6.81. The van der Waals surface area contributed by atoms with Crippen molar-refractivity contribution in [1.82, 2.24) is 9.80 Å². The fourth-order valence-corrected chi connectivity index (χ4v) is 4.53. The molecule has 1 amide bonds. The van der Waals surface area contributed by atoms with Gasteiger partial charge < -0.3 is 9.64 Å². The average Bonchev–Trinajstić information content (AvgIpc) is 3.14. The lowest BCUT2D eigenvalue weighted by molar-refractivity contribution is -0.0388. The highest BCUT2D eigenvalue weighted by Crippen LogP contribution is 2.31. The van der Waals surface area contributed by atoms with Crippen LogP contribution >= 0.6 is 32.9 Å². The summed E-state index contributed by atoms with van der Waals surface area (Å²) in [5.41, 5.74) is 0.750. The molecule has 140 valence electrons. The molecule has 6 heteroatoms. The third kappa shape index (κ3) is 4.65. The summed E-state index contributed by atoms with van der Waals surface area (Å²) in [6, 6.07) is 8.18. The topological polar surface area (TPSA) is 32.8 Å². The lowest BCUT2D eigenvalue weighted by atomic mass is 9.85. The molecule has 0 unspecified atom stereocenters. The number of ether oxygens (including phenoxy) is 1. The van der Waals surface area contributed by atoms with E-state index in [1.807, 2.05) is 43.3 Å². The highest BCUT2D eigenvalue weighted by molar-refractivity contribution is 9.10. The summed E-state index contributed by atoms with van der Waals surface area (Å²) in [6.07, 6.45) is 6.00. The molecule has 1 aromatic carbocycles. The SMILES string of the molecule is Br.CO[C@@H]1CCC[C@@H](N(C)C(=O)c2ccc(Br)cc2)[C@@H]1N1CCCC1. The Labute approximate surface area is 169 Å². The predicted molar refractivity (Wildman–Crippen MR) is 110 cm³/mol. The Morgan fingerprint density at radius 1 is 1.16 bits per heavy atom. The quantitative estimate of drug-likeness (QED) is 0.656. The van der Waals surface area contributed by atoms with E-state index in [9.17, 15) is 4.79 Å². The first-order chi connectivity index (χ1) is 11.6. The highest BCUT2D eigenvalue weighted by atomic mass is 79.9. The van der Waals surface area contributed by atoms with E-state index in [0.717, 1.165) is 42.4 Å². The van der Waals surface area contributed by atoms with Crippen molar-refractivity contribution < 1.29 is 9.53 Å². The maximum atomic E-state index is 13.0. The Kier molecular flexibility index (Phi) is 7.92. The number of hydrogen-bond acceptors (Lipinski definition) is 3. The molecule has 1 aliphatic carbocycles. The molecule has 0 aromatic heterocycles. The third-order valence-electron chi connectivity index (χ3n) is 5.54. The lowest BCUT2D eigenvalue weighted by Crippen LogP contribution is -2.59. The van der Waals surface area contributed by atoms with Gasteiger partial charge in [0.15, 0.2) is 0 Å². The Morgan fingerprint density at radius 2 is 1.80 bits per heavy atom. The summed E-state index contributed by atoms with van der Waals surface area (Å²) in [5.74, 6) is 0.105. The number of likely N-dealkylation sites (tertiary alicyclic amines) is 1. The van der Waals surface area contributed by atoms with Crippen LogP contribution in [0.2, 0.25) is 0 Å². The van der Waals surface area contributed by atoms with Gasteiger partial charge in [0, 0.05) is 30.2 Å². The Bertz CT molecular complexity index is 559. The maximum Gasteiger partial charge on any atom is 0.253 e. The van der Waals surface area contributed by atoms with Crippen LogP contribution in [0.15, 0.2) is 28.7 Å². The van der Waals surface area contributed by atoms with Crippen molar-refractivity contribution in [3.05, 3.63) is 34.3 Å². The fourth-order valence-electron chi connectivity index (χ4n) is 4.26. The van der Waals surface area contributed by atoms with Gasteiger partial charge >= 0.3 is 0 Å². The molecule has 0 bridgehead atoms. The Hall–Kier alpha value is -0.430. The van der Waals surface area contributed by atoms with Gasteiger partial charge in [-0.1, -0.05) is 15.9 Å². The van der Waals surface area contributed by atoms with Gasteiger partial charge in [0.05, 0.1) is 12.1 Å². The van der Waals surface area contributed by atoms with E-state index < -0.39 is 0 Å². The molecule has 2 aliphatic rings. The molecule has 3 rings (SSSR count). The molecule has 4 nitrogen and oxygen atoms in total. The van der Waals surface area contributed by atoms with E-state index in [1.165, 1.54) is 12.8 Å². The first-order valence-electron chi connectivity index (χ1n) is 8.91. The van der Waals surface area contributed by atoms with Crippen LogP contribution in [0.4, 0.5) is 0 Å². The van der Waals surface area contributed by atoms with E-state index in [4.69, 9.17) is 4.74 Å². The zero-order valence-electron chi connectivity index (χ0n) is 15.0. The van der Waals surface area contributed by atoms with Crippen LogP contribution in [-0.4, -0.2) is 61.1 Å². The number of halogens is 2. The minimum atomic E-state index is 0. The van der Waals surface area contributed by atoms with E-state index >= 15 is 0 Å². The average molecular weight is 476 g/mol. The first-order valence-corrected chi connectivity index (χ1v) is 9.70. The zero-order chi connectivity index (χ0) is 17.1. The largest absolute Gasteiger partial charge is 0.380 e. The molecule has 0 radical (unpaired) electrons. The monoisotopic (exact) mass is 474 g/mol. The molecular formula is C19H28Br2N2O2. The van der Waals surface area contributed by atoms with Crippen molar-refractivity contribution in [3.63, 3.8) is 0 Å². The molecule has 0 N–H and O–H groups in total. The molecule has 1 saturated carbocycles. The molecule has 1 saturated heterocycles. The molecule has 0 spiro atoms. The normalized spacial score (nSPS) is 26.9. The molecule has 1 heterocycles. The van der Waals surface area contributed by atoms with E-state index in [-0.39, 0.29) is 35.0 Å². The number of nitrogens with zero attached hydrogens (tertiary/aromatic N) is 2. The number of benzene rings is 1. The van der Waals surface area contributed by atoms with Crippen LogP contribution in [0, 0.1) is 0 Å². The van der Waals surface area contributed by atoms with Crippen molar-refractivity contribution in [2.75, 3.05) is 27.2 Å². The molecule has 1 aromatic rings. The molecular weight excluding hydrogens is 448 g/mol. The maximum absolute atomic E-state index is 13.0. The van der Waals surface area contributed by atoms with Crippen molar-refractivity contribution >= 4 is 38.8 Å². The van der Waals surface area contributed by atoms with Crippen LogP contribution in [-0.2, 0) is 4.74 Å². The molecule has 25 heavy (non-hydrogen) atoms. The first kappa shape index (κ1) is 20.9. The lowest BCUT2D eigenvalue weighted by Gasteiger charge is -2.46. The van der Waals surface area contributed by atoms with Crippen LogP contribution < -0.4 is 0 Å². The summed E-state index contributed by atoms with van der Waals surface area (Å²) in [7, 11) is 3.77. The number of rotatable bonds is 4. The fraction of sp³-hybridized carbons (Fsp3) is 0.632. The van der Waals surface area contributed by atoms with Crippen molar-refractivity contribution in [1.29, 1.82) is 0 Å². The second-order valence-electron chi connectivity index (χ2n) is 6.93. The van der Waals surface area contributed by atoms with Crippen LogP contribution in [0.3, 0.4) is 0 Å². The minimum absolute atomic E-state index is 0. The van der Waals surface area contributed by atoms with Crippen molar-refractivity contribution in [2.24, 2.45) is 0 Å². The van der Waals surface area contributed by atoms with Gasteiger partial charge in [-0.3, -0.25) is 9.69 Å². The zero-order valence-corrected chi connectivity index (χ0v) is 18.3. The second kappa shape index (κ2) is 9.49. The van der Waals surface area contributed by atoms with E-state index in [2.05, 4.69) is 20.8 Å². The summed E-state index contributed by atoms with van der Waals surface area (Å²) in [5, 5.41) is 0. The smallest absolute Gasteiger partial charge is 0.253 e. The number of carbonyl (C=O) groups excluding carboxylic acids is 1. The van der Waals surface area contributed by atoms with E-state index in [1.54, 1.807) is 0 Å². The second-order valence-corrected chi connectivity index (χ2v) is 7.84. The minimum Gasteiger partial charge on any atom is -0.380 e. The summed E-state index contributed by atoms with van der Waals surface area (Å²) >= 11 is 3.43. The van der Waals surface area contributed by atoms with Crippen molar-refractivity contribution in [3.8, 4) is 0 Å². The van der Waals surface area contributed by atoms with Gasteiger partial charge in [0.2, 0.25) is 0 Å². The highest BCUT2D eigenvalue weighted by Gasteiger charge is 2.41. The standard InChI is InChI=1S/C19H27BrN2O2.BrH/c1-21(19(23)14-8-10-15(20)11-9-14)16-6-5-7-17(24-2)18(16)22-12-3-4-13-22;/h8-11,16-18H,3-7,12-13H2,1-2H3;1H/t16-,17-,18+;/m1./s1. The van der Waals surface area contributed by atoms with Crippen molar-refractivity contribution in [2.45, 2.75) is 50.3 Å². The summed E-state index contributed by atoms with van der Waals surface area (Å²) in [6.45, 7) is 2.25. The van der Waals surface area contributed by atoms with Crippen LogP contribution in [0.1, 0.15) is 42.5 Å². The number of amides is 1. The van der Waals surface area contributed by atoms with Crippen LogP contribution in [0.25, 0.3) is 0 Å². The van der Waals surface area contributed by atoms with Crippen LogP contribution in [0.5, 0.6) is 0 Å². The third-order valence-corrected chi connectivity index (χ3v) is 6.07. The van der Waals surface area contributed by atoms with Gasteiger partial charge in [-0.2, -0.15) is 0 Å².